The van der Waals surface area contributed by atoms with E-state index in [1.54, 1.807) is 12.1 Å². The number of pyridine rings is 1. The number of rotatable bonds is 5. The van der Waals surface area contributed by atoms with Crippen molar-refractivity contribution in [2.45, 2.75) is 32.3 Å². The largest absolute Gasteiger partial charge is 0.573 e. The molecular weight excluding hydrogens is 417 g/mol. The maximum Gasteiger partial charge on any atom is 0.573 e. The standard InChI is InChI=1S/C24H27F3N4O/c1-23(2)15-30(18-5-8-20(9-6-18)32-24(25,26)27)16-31(23)14-17-11-12-28-22-10-7-19(29(3)4)13-21(17)22/h5-13H,14-16H2,1-4H3. The average Bonchev–Trinajstić information content (AvgIpc) is 3.01. The van der Waals surface area contributed by atoms with E-state index in [0.29, 0.717) is 6.67 Å². The van der Waals surface area contributed by atoms with Crippen LogP contribution in [0.2, 0.25) is 0 Å². The highest BCUT2D eigenvalue weighted by Gasteiger charge is 2.37. The van der Waals surface area contributed by atoms with E-state index in [0.717, 1.165) is 35.4 Å². The van der Waals surface area contributed by atoms with Gasteiger partial charge in [0.15, 0.2) is 0 Å². The first-order chi connectivity index (χ1) is 15.0. The van der Waals surface area contributed by atoms with Gasteiger partial charge in [-0.1, -0.05) is 0 Å². The molecule has 2 heterocycles. The summed E-state index contributed by atoms with van der Waals surface area (Å²) in [6, 6.07) is 14.4. The number of benzene rings is 2. The molecule has 1 fully saturated rings. The number of nitrogens with zero attached hydrogens (tertiary/aromatic N) is 4. The minimum Gasteiger partial charge on any atom is -0.406 e. The van der Waals surface area contributed by atoms with Gasteiger partial charge in [0.05, 0.1) is 12.2 Å². The predicted molar refractivity (Wildman–Crippen MR) is 121 cm³/mol. The maximum atomic E-state index is 12.4. The molecule has 0 unspecified atom stereocenters. The van der Waals surface area contributed by atoms with Crippen molar-refractivity contribution in [3.63, 3.8) is 0 Å². The zero-order valence-electron chi connectivity index (χ0n) is 18.6. The second-order valence-electron chi connectivity index (χ2n) is 8.96. The third-order valence-corrected chi connectivity index (χ3v) is 5.90. The Morgan fingerprint density at radius 3 is 2.44 bits per heavy atom. The van der Waals surface area contributed by atoms with Crippen molar-refractivity contribution in [3.8, 4) is 5.75 Å². The van der Waals surface area contributed by atoms with E-state index in [1.807, 2.05) is 26.4 Å². The predicted octanol–water partition coefficient (Wildman–Crippen LogP) is 5.26. The van der Waals surface area contributed by atoms with E-state index < -0.39 is 6.36 Å². The minimum absolute atomic E-state index is 0.115. The Morgan fingerprint density at radius 2 is 1.78 bits per heavy atom. The van der Waals surface area contributed by atoms with Crippen LogP contribution in [0, 0.1) is 0 Å². The molecule has 8 heteroatoms. The molecule has 1 saturated heterocycles. The van der Waals surface area contributed by atoms with Crippen molar-refractivity contribution < 1.29 is 17.9 Å². The summed E-state index contributed by atoms with van der Waals surface area (Å²) in [5.41, 5.74) is 4.03. The van der Waals surface area contributed by atoms with Crippen LogP contribution in [-0.4, -0.2) is 49.1 Å². The molecule has 1 aromatic heterocycles. The van der Waals surface area contributed by atoms with E-state index in [1.165, 1.54) is 17.7 Å². The van der Waals surface area contributed by atoms with Crippen molar-refractivity contribution in [3.05, 3.63) is 60.3 Å². The van der Waals surface area contributed by atoms with E-state index >= 15 is 0 Å². The molecular formula is C24H27F3N4O. The lowest BCUT2D eigenvalue weighted by atomic mass is 10.0. The average molecular weight is 445 g/mol. The molecule has 170 valence electrons. The van der Waals surface area contributed by atoms with Crippen molar-refractivity contribution in [1.82, 2.24) is 9.88 Å². The summed E-state index contributed by atoms with van der Waals surface area (Å²) in [5, 5.41) is 1.13. The molecule has 32 heavy (non-hydrogen) atoms. The molecule has 0 radical (unpaired) electrons. The number of fused-ring (bicyclic) bond motifs is 1. The third-order valence-electron chi connectivity index (χ3n) is 5.90. The van der Waals surface area contributed by atoms with Crippen LogP contribution in [0.15, 0.2) is 54.7 Å². The van der Waals surface area contributed by atoms with Crippen LogP contribution in [0.5, 0.6) is 5.75 Å². The van der Waals surface area contributed by atoms with Crippen molar-refractivity contribution in [2.24, 2.45) is 0 Å². The molecule has 0 N–H and O–H groups in total. The highest BCUT2D eigenvalue weighted by Crippen LogP contribution is 2.33. The molecule has 1 aliphatic heterocycles. The third kappa shape index (κ3) is 4.75. The second-order valence-corrected chi connectivity index (χ2v) is 8.96. The number of ether oxygens (including phenoxy) is 1. The monoisotopic (exact) mass is 444 g/mol. The molecule has 0 bridgehead atoms. The summed E-state index contributed by atoms with van der Waals surface area (Å²) < 4.78 is 41.3. The zero-order chi connectivity index (χ0) is 23.1. The molecule has 0 amide bonds. The van der Waals surface area contributed by atoms with Gasteiger partial charge in [-0.05, 0) is 67.9 Å². The molecule has 0 atom stereocenters. The van der Waals surface area contributed by atoms with Gasteiger partial charge < -0.3 is 14.5 Å². The van der Waals surface area contributed by atoms with Gasteiger partial charge in [0.2, 0.25) is 0 Å². The van der Waals surface area contributed by atoms with Gasteiger partial charge in [0.1, 0.15) is 5.75 Å². The Labute approximate surface area is 186 Å². The van der Waals surface area contributed by atoms with Crippen LogP contribution in [0.4, 0.5) is 24.5 Å². The van der Waals surface area contributed by atoms with Crippen LogP contribution >= 0.6 is 0 Å². The summed E-state index contributed by atoms with van der Waals surface area (Å²) in [6.45, 7) is 6.54. The molecule has 0 aliphatic carbocycles. The Morgan fingerprint density at radius 1 is 1.06 bits per heavy atom. The van der Waals surface area contributed by atoms with Gasteiger partial charge >= 0.3 is 6.36 Å². The first-order valence-corrected chi connectivity index (χ1v) is 10.4. The SMILES string of the molecule is CN(C)c1ccc2nccc(CN3CN(c4ccc(OC(F)(F)F)cc4)CC3(C)C)c2c1. The van der Waals surface area contributed by atoms with Crippen LogP contribution in [0.25, 0.3) is 10.9 Å². The van der Waals surface area contributed by atoms with Crippen LogP contribution in [0.1, 0.15) is 19.4 Å². The number of alkyl halides is 3. The summed E-state index contributed by atoms with van der Waals surface area (Å²) in [5.74, 6) is -0.212. The molecule has 5 nitrogen and oxygen atoms in total. The van der Waals surface area contributed by atoms with Gasteiger partial charge in [-0.25, -0.2) is 0 Å². The van der Waals surface area contributed by atoms with Gasteiger partial charge in [0, 0.05) is 55.7 Å². The summed E-state index contributed by atoms with van der Waals surface area (Å²) in [4.78, 5) is 11.1. The first-order valence-electron chi connectivity index (χ1n) is 10.4. The van der Waals surface area contributed by atoms with Gasteiger partial charge in [-0.3, -0.25) is 9.88 Å². The smallest absolute Gasteiger partial charge is 0.406 e. The Hall–Kier alpha value is -3.00. The van der Waals surface area contributed by atoms with Crippen LogP contribution in [0.3, 0.4) is 0 Å². The van der Waals surface area contributed by atoms with E-state index in [4.69, 9.17) is 0 Å². The number of aromatic nitrogens is 1. The maximum absolute atomic E-state index is 12.4. The Kier molecular flexibility index (Phi) is 5.67. The van der Waals surface area contributed by atoms with Gasteiger partial charge in [-0.2, -0.15) is 0 Å². The summed E-state index contributed by atoms with van der Waals surface area (Å²) in [7, 11) is 4.04. The molecule has 0 saturated carbocycles. The van der Waals surface area contributed by atoms with Crippen molar-refractivity contribution >= 4 is 22.3 Å². The highest BCUT2D eigenvalue weighted by atomic mass is 19.4. The molecule has 4 rings (SSSR count). The second kappa shape index (κ2) is 8.16. The highest BCUT2D eigenvalue weighted by molar-refractivity contribution is 5.85. The summed E-state index contributed by atoms with van der Waals surface area (Å²) >= 11 is 0. The topological polar surface area (TPSA) is 31.8 Å². The Bertz CT molecular complexity index is 1100. The van der Waals surface area contributed by atoms with Gasteiger partial charge in [-0.15, -0.1) is 13.2 Å². The van der Waals surface area contributed by atoms with Crippen LogP contribution in [-0.2, 0) is 6.54 Å². The van der Waals surface area contributed by atoms with Gasteiger partial charge in [0.25, 0.3) is 0 Å². The molecule has 0 spiro atoms. The molecule has 2 aromatic carbocycles. The number of anilines is 2. The molecule has 1 aliphatic rings. The van der Waals surface area contributed by atoms with E-state index in [2.05, 4.69) is 56.5 Å². The minimum atomic E-state index is -4.69. The summed E-state index contributed by atoms with van der Waals surface area (Å²) in [6.07, 6.45) is -2.85. The lowest BCUT2D eigenvalue weighted by molar-refractivity contribution is -0.274. The van der Waals surface area contributed by atoms with Crippen LogP contribution < -0.4 is 14.5 Å². The first kappa shape index (κ1) is 22.2. The van der Waals surface area contributed by atoms with E-state index in [9.17, 15) is 13.2 Å². The fourth-order valence-electron chi connectivity index (χ4n) is 4.12. The zero-order valence-corrected chi connectivity index (χ0v) is 18.6. The van der Waals surface area contributed by atoms with Crippen molar-refractivity contribution in [2.75, 3.05) is 37.1 Å². The fourth-order valence-corrected chi connectivity index (χ4v) is 4.12. The number of hydrogen-bond acceptors (Lipinski definition) is 5. The normalized spacial score (nSPS) is 16.5. The number of hydrogen-bond donors (Lipinski definition) is 0. The van der Waals surface area contributed by atoms with Crippen molar-refractivity contribution in [1.29, 1.82) is 0 Å². The van der Waals surface area contributed by atoms with E-state index in [-0.39, 0.29) is 11.3 Å². The molecule has 3 aromatic rings. The number of halogens is 3. The lowest BCUT2D eigenvalue weighted by Crippen LogP contribution is -2.39. The lowest BCUT2D eigenvalue weighted by Gasteiger charge is -2.30. The fraction of sp³-hybridized carbons (Fsp3) is 0.375. The quantitative estimate of drug-likeness (QED) is 0.536. The Balaban J connectivity index is 1.55.